The molecule has 2 rings (SSSR count). The molecule has 0 saturated carbocycles. The third-order valence-electron chi connectivity index (χ3n) is 2.60. The Bertz CT molecular complexity index is 167. The molecule has 2 aliphatic rings. The highest BCUT2D eigenvalue weighted by Gasteiger charge is 2.41. The van der Waals surface area contributed by atoms with Crippen LogP contribution in [-0.4, -0.2) is 11.2 Å². The Balaban J connectivity index is 2.29. The first-order valence-corrected chi connectivity index (χ1v) is 4.03. The van der Waals surface area contributed by atoms with Gasteiger partial charge in [-0.2, -0.15) is 0 Å². The van der Waals surface area contributed by atoms with E-state index in [1.165, 1.54) is 19.3 Å². The van der Waals surface area contributed by atoms with Crippen LogP contribution < -0.4 is 0 Å². The first kappa shape index (κ1) is 6.41. The fourth-order valence-corrected chi connectivity index (χ4v) is 2.01. The van der Waals surface area contributed by atoms with Crippen LogP contribution in [0.2, 0.25) is 0 Å². The summed E-state index contributed by atoms with van der Waals surface area (Å²) in [5.41, 5.74) is 0.153. The van der Waals surface area contributed by atoms with Crippen LogP contribution in [0.5, 0.6) is 0 Å². The maximum atomic E-state index is 5.86. The molecule has 2 aliphatic heterocycles. The Morgan fingerprint density at radius 2 is 1.60 bits per heavy atom. The molecule has 0 spiro atoms. The summed E-state index contributed by atoms with van der Waals surface area (Å²) >= 11 is 0. The lowest BCUT2D eigenvalue weighted by Gasteiger charge is -2.36. The number of ether oxygens (including phenoxy) is 1. The third kappa shape index (κ3) is 0.807. The van der Waals surface area contributed by atoms with E-state index in [1.807, 2.05) is 0 Å². The zero-order valence-electron chi connectivity index (χ0n) is 6.68. The molecule has 0 radical (unpaired) electrons. The molecule has 1 fully saturated rings. The van der Waals surface area contributed by atoms with Crippen molar-refractivity contribution in [1.82, 2.24) is 0 Å². The molecule has 0 aromatic carbocycles. The van der Waals surface area contributed by atoms with Crippen molar-refractivity contribution in [2.45, 2.75) is 44.3 Å². The summed E-state index contributed by atoms with van der Waals surface area (Å²) in [5, 5.41) is 0. The molecule has 10 heavy (non-hydrogen) atoms. The quantitative estimate of drug-likeness (QED) is 0.466. The van der Waals surface area contributed by atoms with Gasteiger partial charge in [0.1, 0.15) is 0 Å². The van der Waals surface area contributed by atoms with Crippen LogP contribution in [-0.2, 0) is 4.74 Å². The molecule has 0 N–H and O–H groups in total. The fourth-order valence-electron chi connectivity index (χ4n) is 2.01. The summed E-state index contributed by atoms with van der Waals surface area (Å²) in [6.45, 7) is 4.35. The second-order valence-electron chi connectivity index (χ2n) is 3.91. The first-order valence-electron chi connectivity index (χ1n) is 4.03. The van der Waals surface area contributed by atoms with Crippen LogP contribution in [0.4, 0.5) is 0 Å². The molecule has 2 unspecified atom stereocenters. The third-order valence-corrected chi connectivity index (χ3v) is 2.60. The Hall–Kier alpha value is -0.300. The SMILES string of the molecule is CC12C=CC(C)(CCC1)O2. The molecule has 0 aromatic rings. The van der Waals surface area contributed by atoms with Crippen molar-refractivity contribution in [2.24, 2.45) is 0 Å². The highest BCUT2D eigenvalue weighted by Crippen LogP contribution is 2.42. The van der Waals surface area contributed by atoms with Gasteiger partial charge in [0.05, 0.1) is 11.2 Å². The fraction of sp³-hybridized carbons (Fsp3) is 0.778. The van der Waals surface area contributed by atoms with Gasteiger partial charge in [0.15, 0.2) is 0 Å². The van der Waals surface area contributed by atoms with E-state index in [0.29, 0.717) is 0 Å². The van der Waals surface area contributed by atoms with Crippen molar-refractivity contribution < 1.29 is 4.74 Å². The normalized spacial score (nSPS) is 51.8. The topological polar surface area (TPSA) is 9.23 Å². The lowest BCUT2D eigenvalue weighted by atomic mass is 9.94. The van der Waals surface area contributed by atoms with Gasteiger partial charge in [-0.15, -0.1) is 0 Å². The van der Waals surface area contributed by atoms with Crippen molar-refractivity contribution in [3.8, 4) is 0 Å². The highest BCUT2D eigenvalue weighted by atomic mass is 16.5. The maximum absolute atomic E-state index is 5.86. The summed E-state index contributed by atoms with van der Waals surface area (Å²) in [5.74, 6) is 0. The molecule has 0 aliphatic carbocycles. The van der Waals surface area contributed by atoms with Gasteiger partial charge in [-0.3, -0.25) is 0 Å². The van der Waals surface area contributed by atoms with Gasteiger partial charge >= 0.3 is 0 Å². The van der Waals surface area contributed by atoms with Crippen LogP contribution in [0, 0.1) is 0 Å². The van der Waals surface area contributed by atoms with E-state index in [-0.39, 0.29) is 11.2 Å². The van der Waals surface area contributed by atoms with Crippen LogP contribution in [0.25, 0.3) is 0 Å². The number of hydrogen-bond acceptors (Lipinski definition) is 1. The summed E-state index contributed by atoms with van der Waals surface area (Å²) in [6.07, 6.45) is 8.14. The van der Waals surface area contributed by atoms with Gasteiger partial charge in [-0.1, -0.05) is 12.2 Å². The molecule has 2 atom stereocenters. The molecule has 56 valence electrons. The lowest BCUT2D eigenvalue weighted by Crippen LogP contribution is -2.37. The van der Waals surface area contributed by atoms with Gasteiger partial charge in [0.2, 0.25) is 0 Å². The monoisotopic (exact) mass is 138 g/mol. The minimum absolute atomic E-state index is 0.0764. The van der Waals surface area contributed by atoms with E-state index in [0.717, 1.165) is 0 Å². The standard InChI is InChI=1S/C9H14O/c1-8-4-3-5-9(2,10-8)7-6-8/h6-7H,3-5H2,1-2H3. The summed E-state index contributed by atoms with van der Waals surface area (Å²) in [4.78, 5) is 0. The summed E-state index contributed by atoms with van der Waals surface area (Å²) < 4.78 is 5.86. The molecule has 1 nitrogen and oxygen atoms in total. The average molecular weight is 138 g/mol. The Morgan fingerprint density at radius 1 is 1.10 bits per heavy atom. The van der Waals surface area contributed by atoms with E-state index in [4.69, 9.17) is 4.74 Å². The van der Waals surface area contributed by atoms with Crippen LogP contribution >= 0.6 is 0 Å². The molecule has 2 heterocycles. The Labute approximate surface area is 62.1 Å². The van der Waals surface area contributed by atoms with Gasteiger partial charge in [-0.25, -0.2) is 0 Å². The minimum atomic E-state index is 0.0764. The van der Waals surface area contributed by atoms with Gasteiger partial charge in [-0.05, 0) is 33.1 Å². The molecule has 0 amide bonds. The Morgan fingerprint density at radius 3 is 2.00 bits per heavy atom. The molecule has 1 saturated heterocycles. The summed E-state index contributed by atoms with van der Waals surface area (Å²) in [7, 11) is 0. The largest absolute Gasteiger partial charge is 0.361 e. The van der Waals surface area contributed by atoms with E-state index in [9.17, 15) is 0 Å². The van der Waals surface area contributed by atoms with Crippen molar-refractivity contribution in [2.75, 3.05) is 0 Å². The second kappa shape index (κ2) is 1.65. The molecular formula is C9H14O. The Kier molecular flexibility index (Phi) is 1.06. The average Bonchev–Trinajstić information content (AvgIpc) is 2.03. The minimum Gasteiger partial charge on any atom is -0.361 e. The summed E-state index contributed by atoms with van der Waals surface area (Å²) in [6, 6.07) is 0. The van der Waals surface area contributed by atoms with Crippen molar-refractivity contribution in [3.05, 3.63) is 12.2 Å². The van der Waals surface area contributed by atoms with E-state index in [1.54, 1.807) is 0 Å². The van der Waals surface area contributed by atoms with E-state index < -0.39 is 0 Å². The molecule has 2 bridgehead atoms. The number of fused-ring (bicyclic) bond motifs is 2. The highest BCUT2D eigenvalue weighted by molar-refractivity contribution is 5.18. The second-order valence-corrected chi connectivity index (χ2v) is 3.91. The van der Waals surface area contributed by atoms with E-state index in [2.05, 4.69) is 26.0 Å². The van der Waals surface area contributed by atoms with Crippen LogP contribution in [0.3, 0.4) is 0 Å². The molecule has 0 aromatic heterocycles. The number of rotatable bonds is 0. The van der Waals surface area contributed by atoms with Gasteiger partial charge < -0.3 is 4.74 Å². The number of hydrogen-bond donors (Lipinski definition) is 0. The maximum Gasteiger partial charge on any atom is 0.0847 e. The van der Waals surface area contributed by atoms with Crippen molar-refractivity contribution >= 4 is 0 Å². The smallest absolute Gasteiger partial charge is 0.0847 e. The first-order chi connectivity index (χ1) is 4.62. The predicted octanol–water partition coefficient (Wildman–Crippen LogP) is 2.27. The molecular weight excluding hydrogens is 124 g/mol. The van der Waals surface area contributed by atoms with Crippen molar-refractivity contribution in [3.63, 3.8) is 0 Å². The lowest BCUT2D eigenvalue weighted by molar-refractivity contribution is -0.104. The van der Waals surface area contributed by atoms with Gasteiger partial charge in [0, 0.05) is 0 Å². The van der Waals surface area contributed by atoms with Crippen LogP contribution in [0.15, 0.2) is 12.2 Å². The van der Waals surface area contributed by atoms with Gasteiger partial charge in [0.25, 0.3) is 0 Å². The zero-order chi connectivity index (χ0) is 7.24. The van der Waals surface area contributed by atoms with Crippen molar-refractivity contribution in [1.29, 1.82) is 0 Å². The predicted molar refractivity (Wildman–Crippen MR) is 40.9 cm³/mol. The van der Waals surface area contributed by atoms with E-state index >= 15 is 0 Å². The molecule has 1 heteroatoms. The van der Waals surface area contributed by atoms with Crippen LogP contribution in [0.1, 0.15) is 33.1 Å². The zero-order valence-corrected chi connectivity index (χ0v) is 6.68.